The van der Waals surface area contributed by atoms with E-state index in [9.17, 15) is 9.90 Å². The minimum atomic E-state index is -0.468. The molecule has 0 radical (unpaired) electrons. The third-order valence-electron chi connectivity index (χ3n) is 6.57. The van der Waals surface area contributed by atoms with Gasteiger partial charge in [0.15, 0.2) is 0 Å². The minimum Gasteiger partial charge on any atom is -0.391 e. The van der Waals surface area contributed by atoms with Crippen LogP contribution in [0.25, 0.3) is 5.69 Å². The molecule has 1 aromatic carbocycles. The highest BCUT2D eigenvalue weighted by molar-refractivity contribution is 5.99. The van der Waals surface area contributed by atoms with Crippen molar-refractivity contribution in [3.63, 3.8) is 0 Å². The van der Waals surface area contributed by atoms with Crippen molar-refractivity contribution >= 4 is 11.6 Å². The molecular formula is C23H32N4O2. The molecule has 2 aromatic rings. The van der Waals surface area contributed by atoms with Gasteiger partial charge >= 0.3 is 0 Å². The summed E-state index contributed by atoms with van der Waals surface area (Å²) in [5.74, 6) is -0.468. The van der Waals surface area contributed by atoms with E-state index in [0.29, 0.717) is 11.3 Å². The topological polar surface area (TPSA) is 93.2 Å². The summed E-state index contributed by atoms with van der Waals surface area (Å²) in [7, 11) is 0. The molecule has 1 heterocycles. The van der Waals surface area contributed by atoms with Crippen molar-refractivity contribution in [1.29, 1.82) is 0 Å². The van der Waals surface area contributed by atoms with E-state index in [1.54, 1.807) is 6.07 Å². The van der Waals surface area contributed by atoms with Gasteiger partial charge in [-0.25, -0.2) is 4.68 Å². The first-order chi connectivity index (χ1) is 13.7. The Bertz CT molecular complexity index is 931. The maximum Gasteiger partial charge on any atom is 0.250 e. The molecule has 6 nitrogen and oxygen atoms in total. The van der Waals surface area contributed by atoms with Crippen molar-refractivity contribution < 1.29 is 9.90 Å². The quantitative estimate of drug-likeness (QED) is 0.737. The number of fused-ring (bicyclic) bond motifs is 1. The number of hydrogen-bond acceptors (Lipinski definition) is 4. The molecule has 1 fully saturated rings. The third-order valence-corrected chi connectivity index (χ3v) is 6.57. The van der Waals surface area contributed by atoms with E-state index in [1.165, 1.54) is 17.7 Å². The van der Waals surface area contributed by atoms with Gasteiger partial charge in [0.2, 0.25) is 0 Å². The molecule has 4 rings (SSSR count). The van der Waals surface area contributed by atoms with Crippen LogP contribution in [0.4, 0.5) is 5.69 Å². The second-order valence-corrected chi connectivity index (χ2v) is 9.46. The summed E-state index contributed by atoms with van der Waals surface area (Å²) in [4.78, 5) is 12.0. The lowest BCUT2D eigenvalue weighted by molar-refractivity contribution is 0.0999. The molecule has 0 aliphatic heterocycles. The minimum absolute atomic E-state index is 0.0655. The fourth-order valence-electron chi connectivity index (χ4n) is 4.81. The number of benzene rings is 1. The second kappa shape index (κ2) is 7.48. The molecule has 2 aliphatic carbocycles. The van der Waals surface area contributed by atoms with E-state index in [0.717, 1.165) is 49.9 Å². The van der Waals surface area contributed by atoms with E-state index < -0.39 is 12.0 Å². The molecule has 156 valence electrons. The lowest BCUT2D eigenvalue weighted by Crippen LogP contribution is -2.37. The normalized spacial score (nSPS) is 23.4. The van der Waals surface area contributed by atoms with Crippen LogP contribution in [-0.4, -0.2) is 32.9 Å². The predicted molar refractivity (Wildman–Crippen MR) is 115 cm³/mol. The largest absolute Gasteiger partial charge is 0.391 e. The molecule has 6 heteroatoms. The van der Waals surface area contributed by atoms with E-state index in [-0.39, 0.29) is 11.5 Å². The van der Waals surface area contributed by atoms with E-state index >= 15 is 0 Å². The smallest absolute Gasteiger partial charge is 0.250 e. The zero-order valence-electron chi connectivity index (χ0n) is 17.7. The Balaban J connectivity index is 1.74. The van der Waals surface area contributed by atoms with Gasteiger partial charge in [0, 0.05) is 11.4 Å². The number of aliphatic hydroxyl groups is 1. The Morgan fingerprint density at radius 1 is 1.31 bits per heavy atom. The number of carbonyl (C=O) groups excluding carboxylic acids is 1. The second-order valence-electron chi connectivity index (χ2n) is 9.46. The maximum atomic E-state index is 12.0. The highest BCUT2D eigenvalue weighted by atomic mass is 16.3. The van der Waals surface area contributed by atoms with E-state index in [4.69, 9.17) is 10.8 Å². The number of aliphatic hydroxyl groups excluding tert-OH is 1. The number of nitrogens with two attached hydrogens (primary N) is 1. The Hall–Kier alpha value is -2.34. The molecule has 0 unspecified atom stereocenters. The van der Waals surface area contributed by atoms with Gasteiger partial charge < -0.3 is 16.2 Å². The lowest BCUT2D eigenvalue weighted by Gasteiger charge is -2.31. The molecule has 2 atom stereocenters. The van der Waals surface area contributed by atoms with Crippen LogP contribution >= 0.6 is 0 Å². The summed E-state index contributed by atoms with van der Waals surface area (Å²) in [5.41, 5.74) is 11.6. The molecule has 2 aliphatic rings. The van der Waals surface area contributed by atoms with Gasteiger partial charge in [0.1, 0.15) is 0 Å². The summed E-state index contributed by atoms with van der Waals surface area (Å²) < 4.78 is 2.03. The lowest BCUT2D eigenvalue weighted by atomic mass is 9.76. The number of aromatic nitrogens is 2. The molecule has 0 spiro atoms. The number of nitrogens with one attached hydrogen (secondary N) is 1. The predicted octanol–water partition coefficient (Wildman–Crippen LogP) is 3.51. The van der Waals surface area contributed by atoms with Crippen LogP contribution in [0.3, 0.4) is 0 Å². The van der Waals surface area contributed by atoms with Crippen molar-refractivity contribution in [2.75, 3.05) is 5.32 Å². The monoisotopic (exact) mass is 396 g/mol. The number of nitrogens with zero attached hydrogens (tertiary/aromatic N) is 2. The summed E-state index contributed by atoms with van der Waals surface area (Å²) in [6.45, 7) is 6.68. The van der Waals surface area contributed by atoms with Crippen LogP contribution in [-0.2, 0) is 12.8 Å². The number of aryl methyl sites for hydroxylation is 1. The van der Waals surface area contributed by atoms with Gasteiger partial charge in [-0.3, -0.25) is 4.79 Å². The van der Waals surface area contributed by atoms with Crippen LogP contribution < -0.4 is 11.1 Å². The van der Waals surface area contributed by atoms with Crippen LogP contribution in [0, 0.1) is 12.3 Å². The molecule has 0 bridgehead atoms. The van der Waals surface area contributed by atoms with Crippen LogP contribution in [0.2, 0.25) is 0 Å². The third kappa shape index (κ3) is 3.90. The standard InChI is InChI=1S/C23H32N4O2/c1-14-16-10-11-23(2,3)13-20(16)27(26-14)15-8-9-17(22(24)29)19(12-15)25-18-6-4-5-7-21(18)28/h8-9,12,18,21,25,28H,4-7,10-11,13H2,1-3H3,(H2,24,29)/t18-,21-/m0/s1. The Morgan fingerprint density at radius 3 is 2.79 bits per heavy atom. The first-order valence-corrected chi connectivity index (χ1v) is 10.7. The Labute approximate surface area is 172 Å². The fourth-order valence-corrected chi connectivity index (χ4v) is 4.81. The number of primary amides is 1. The number of rotatable bonds is 4. The van der Waals surface area contributed by atoms with E-state index in [1.807, 2.05) is 16.8 Å². The van der Waals surface area contributed by atoms with Gasteiger partial charge in [-0.05, 0) is 68.2 Å². The summed E-state index contributed by atoms with van der Waals surface area (Å²) in [6.07, 6.45) is 6.56. The first-order valence-electron chi connectivity index (χ1n) is 10.7. The zero-order chi connectivity index (χ0) is 20.8. The number of anilines is 1. The van der Waals surface area contributed by atoms with Gasteiger partial charge in [-0.1, -0.05) is 26.7 Å². The summed E-state index contributed by atoms with van der Waals surface area (Å²) in [5, 5.41) is 18.6. The highest BCUT2D eigenvalue weighted by Crippen LogP contribution is 2.37. The average molecular weight is 397 g/mol. The van der Waals surface area contributed by atoms with Gasteiger partial charge in [0.05, 0.1) is 29.1 Å². The van der Waals surface area contributed by atoms with Crippen LogP contribution in [0.1, 0.15) is 73.3 Å². The van der Waals surface area contributed by atoms with Gasteiger partial charge in [-0.15, -0.1) is 0 Å². The van der Waals surface area contributed by atoms with Crippen LogP contribution in [0.15, 0.2) is 18.2 Å². The Kier molecular flexibility index (Phi) is 5.15. The van der Waals surface area contributed by atoms with Crippen molar-refractivity contribution in [3.8, 4) is 5.69 Å². The van der Waals surface area contributed by atoms with Crippen LogP contribution in [0.5, 0.6) is 0 Å². The van der Waals surface area contributed by atoms with Gasteiger partial charge in [0.25, 0.3) is 5.91 Å². The van der Waals surface area contributed by atoms with Crippen molar-refractivity contribution in [2.24, 2.45) is 11.1 Å². The Morgan fingerprint density at radius 2 is 2.07 bits per heavy atom. The molecule has 29 heavy (non-hydrogen) atoms. The molecule has 4 N–H and O–H groups in total. The van der Waals surface area contributed by atoms with E-state index in [2.05, 4.69) is 26.1 Å². The highest BCUT2D eigenvalue weighted by Gasteiger charge is 2.31. The van der Waals surface area contributed by atoms with Crippen molar-refractivity contribution in [3.05, 3.63) is 40.7 Å². The van der Waals surface area contributed by atoms with Gasteiger partial charge in [-0.2, -0.15) is 5.10 Å². The summed E-state index contributed by atoms with van der Waals surface area (Å²) in [6, 6.07) is 5.57. The van der Waals surface area contributed by atoms with Crippen molar-refractivity contribution in [1.82, 2.24) is 9.78 Å². The van der Waals surface area contributed by atoms with Crippen molar-refractivity contribution in [2.45, 2.75) is 77.9 Å². The molecule has 1 saturated carbocycles. The first kappa shape index (κ1) is 20.0. The SMILES string of the molecule is Cc1nn(-c2ccc(C(N)=O)c(N[C@H]3CCCC[C@@H]3O)c2)c2c1CCC(C)(C)C2. The molecule has 0 saturated heterocycles. The molecule has 1 aromatic heterocycles. The number of carbonyl (C=O) groups is 1. The number of hydrogen-bond donors (Lipinski definition) is 3. The molecular weight excluding hydrogens is 364 g/mol. The summed E-state index contributed by atoms with van der Waals surface area (Å²) >= 11 is 0. The fraction of sp³-hybridized carbons (Fsp3) is 0.565. The zero-order valence-corrected chi connectivity index (χ0v) is 17.7. The maximum absolute atomic E-state index is 12.0. The number of amides is 1. The molecule has 1 amide bonds. The average Bonchev–Trinajstić information content (AvgIpc) is 2.98.